The van der Waals surface area contributed by atoms with Gasteiger partial charge in [0.05, 0.1) is 0 Å². The Morgan fingerprint density at radius 2 is 2.17 bits per heavy atom. The smallest absolute Gasteiger partial charge is 0.222 e. The highest BCUT2D eigenvalue weighted by Gasteiger charge is 2.05. The van der Waals surface area contributed by atoms with Crippen LogP contribution in [-0.4, -0.2) is 38.1 Å². The van der Waals surface area contributed by atoms with Gasteiger partial charge in [-0.2, -0.15) is 0 Å². The van der Waals surface area contributed by atoms with Crippen LogP contribution in [0.3, 0.4) is 0 Å². The predicted molar refractivity (Wildman–Crippen MR) is 49.0 cm³/mol. The second-order valence-electron chi connectivity index (χ2n) is 2.91. The molecule has 0 radical (unpaired) electrons. The molecule has 0 atom stereocenters. The van der Waals surface area contributed by atoms with Crippen LogP contribution in [0.4, 0.5) is 0 Å². The molecule has 1 amide bonds. The van der Waals surface area contributed by atoms with Crippen molar-refractivity contribution in [2.45, 2.75) is 26.2 Å². The summed E-state index contributed by atoms with van der Waals surface area (Å²) in [6.45, 7) is 3.54. The number of carbonyl (C=O) groups excluding carboxylic acids is 1. The van der Waals surface area contributed by atoms with Crippen molar-refractivity contribution < 1.29 is 9.53 Å². The minimum absolute atomic E-state index is 0.230. The summed E-state index contributed by atoms with van der Waals surface area (Å²) in [6.07, 6.45) is 2.50. The molecule has 0 spiro atoms. The van der Waals surface area contributed by atoms with Gasteiger partial charge in [0, 0.05) is 33.7 Å². The summed E-state index contributed by atoms with van der Waals surface area (Å²) in [5, 5.41) is 0. The highest BCUT2D eigenvalue weighted by molar-refractivity contribution is 5.75. The summed E-state index contributed by atoms with van der Waals surface area (Å²) in [4.78, 5) is 13.0. The SMILES string of the molecule is CCCC(=O)N(C)CCCOC. The zero-order valence-electron chi connectivity index (χ0n) is 8.30. The molecule has 0 N–H and O–H groups in total. The van der Waals surface area contributed by atoms with Crippen LogP contribution in [0.25, 0.3) is 0 Å². The standard InChI is InChI=1S/C9H19NO2/c1-4-6-9(11)10(2)7-5-8-12-3/h4-8H2,1-3H3. The summed E-state index contributed by atoms with van der Waals surface area (Å²) in [5.74, 6) is 0.230. The van der Waals surface area contributed by atoms with Crippen molar-refractivity contribution in [3.63, 3.8) is 0 Å². The molecule has 0 saturated carbocycles. The quantitative estimate of drug-likeness (QED) is 0.566. The predicted octanol–water partition coefficient (Wildman–Crippen LogP) is 1.28. The van der Waals surface area contributed by atoms with Crippen LogP contribution in [-0.2, 0) is 9.53 Å². The molecule has 3 heteroatoms. The second kappa shape index (κ2) is 7.10. The lowest BCUT2D eigenvalue weighted by Crippen LogP contribution is -2.27. The van der Waals surface area contributed by atoms with Gasteiger partial charge in [-0.1, -0.05) is 6.92 Å². The molecule has 0 fully saturated rings. The maximum absolute atomic E-state index is 11.2. The fourth-order valence-corrected chi connectivity index (χ4v) is 0.975. The average Bonchev–Trinajstić information content (AvgIpc) is 2.05. The topological polar surface area (TPSA) is 29.5 Å². The molecule has 0 aromatic heterocycles. The number of rotatable bonds is 6. The molecule has 0 aromatic carbocycles. The van der Waals surface area contributed by atoms with Gasteiger partial charge in [-0.15, -0.1) is 0 Å². The Kier molecular flexibility index (Phi) is 6.76. The monoisotopic (exact) mass is 173 g/mol. The number of hydrogen-bond donors (Lipinski definition) is 0. The Morgan fingerprint density at radius 3 is 2.67 bits per heavy atom. The maximum atomic E-state index is 11.2. The Balaban J connectivity index is 3.42. The van der Waals surface area contributed by atoms with Gasteiger partial charge in [-0.3, -0.25) is 4.79 Å². The maximum Gasteiger partial charge on any atom is 0.222 e. The van der Waals surface area contributed by atoms with Crippen molar-refractivity contribution in [3.05, 3.63) is 0 Å². The first kappa shape index (κ1) is 11.4. The molecule has 0 bridgehead atoms. The fraction of sp³-hybridized carbons (Fsp3) is 0.889. The largest absolute Gasteiger partial charge is 0.385 e. The van der Waals surface area contributed by atoms with Crippen LogP contribution < -0.4 is 0 Å². The van der Waals surface area contributed by atoms with Crippen molar-refractivity contribution in [1.82, 2.24) is 4.90 Å². The normalized spacial score (nSPS) is 9.92. The zero-order chi connectivity index (χ0) is 9.40. The van der Waals surface area contributed by atoms with Gasteiger partial charge in [0.15, 0.2) is 0 Å². The van der Waals surface area contributed by atoms with E-state index in [1.54, 1.807) is 12.0 Å². The first-order chi connectivity index (χ1) is 5.72. The Bertz CT molecular complexity index is 126. The van der Waals surface area contributed by atoms with Gasteiger partial charge >= 0.3 is 0 Å². The van der Waals surface area contributed by atoms with Crippen molar-refractivity contribution in [2.75, 3.05) is 27.3 Å². The minimum atomic E-state index is 0.230. The number of carbonyl (C=O) groups is 1. The van der Waals surface area contributed by atoms with E-state index in [9.17, 15) is 4.79 Å². The molecule has 0 heterocycles. The van der Waals surface area contributed by atoms with Crippen LogP contribution in [0.5, 0.6) is 0 Å². The number of methoxy groups -OCH3 is 1. The lowest BCUT2D eigenvalue weighted by Gasteiger charge is -2.16. The van der Waals surface area contributed by atoms with E-state index in [-0.39, 0.29) is 5.91 Å². The van der Waals surface area contributed by atoms with E-state index in [0.29, 0.717) is 6.42 Å². The number of amides is 1. The molecule has 12 heavy (non-hydrogen) atoms. The van der Waals surface area contributed by atoms with Gasteiger partial charge in [-0.25, -0.2) is 0 Å². The van der Waals surface area contributed by atoms with E-state index in [1.165, 1.54) is 0 Å². The molecule has 0 aromatic rings. The first-order valence-corrected chi connectivity index (χ1v) is 4.45. The summed E-state index contributed by atoms with van der Waals surface area (Å²) in [7, 11) is 3.52. The third kappa shape index (κ3) is 5.13. The second-order valence-corrected chi connectivity index (χ2v) is 2.91. The van der Waals surface area contributed by atoms with Crippen molar-refractivity contribution >= 4 is 5.91 Å². The van der Waals surface area contributed by atoms with Crippen molar-refractivity contribution in [1.29, 1.82) is 0 Å². The molecule has 0 aliphatic rings. The lowest BCUT2D eigenvalue weighted by atomic mass is 10.3. The molecular weight excluding hydrogens is 154 g/mol. The molecule has 0 rings (SSSR count). The van der Waals surface area contributed by atoms with E-state index >= 15 is 0 Å². The summed E-state index contributed by atoms with van der Waals surface area (Å²) in [6, 6.07) is 0. The van der Waals surface area contributed by atoms with E-state index < -0.39 is 0 Å². The van der Waals surface area contributed by atoms with Crippen LogP contribution in [0.15, 0.2) is 0 Å². The number of hydrogen-bond acceptors (Lipinski definition) is 2. The lowest BCUT2D eigenvalue weighted by molar-refractivity contribution is -0.130. The summed E-state index contributed by atoms with van der Waals surface area (Å²) in [5.41, 5.74) is 0. The molecule has 72 valence electrons. The van der Waals surface area contributed by atoms with Crippen LogP contribution >= 0.6 is 0 Å². The van der Waals surface area contributed by atoms with Gasteiger partial charge in [0.25, 0.3) is 0 Å². The Labute approximate surface area is 74.7 Å². The minimum Gasteiger partial charge on any atom is -0.385 e. The average molecular weight is 173 g/mol. The van der Waals surface area contributed by atoms with E-state index in [0.717, 1.165) is 26.0 Å². The molecular formula is C9H19NO2. The Hall–Kier alpha value is -0.570. The highest BCUT2D eigenvalue weighted by Crippen LogP contribution is 1.95. The molecule has 0 aliphatic heterocycles. The van der Waals surface area contributed by atoms with Gasteiger partial charge in [-0.05, 0) is 12.8 Å². The Morgan fingerprint density at radius 1 is 1.50 bits per heavy atom. The van der Waals surface area contributed by atoms with Crippen LogP contribution in [0, 0.1) is 0 Å². The van der Waals surface area contributed by atoms with Crippen molar-refractivity contribution in [3.8, 4) is 0 Å². The molecule has 0 aliphatic carbocycles. The van der Waals surface area contributed by atoms with Crippen LogP contribution in [0.2, 0.25) is 0 Å². The zero-order valence-corrected chi connectivity index (χ0v) is 8.30. The summed E-state index contributed by atoms with van der Waals surface area (Å²) >= 11 is 0. The van der Waals surface area contributed by atoms with Gasteiger partial charge < -0.3 is 9.64 Å². The van der Waals surface area contributed by atoms with E-state index in [2.05, 4.69) is 0 Å². The van der Waals surface area contributed by atoms with Gasteiger partial charge in [0.1, 0.15) is 0 Å². The van der Waals surface area contributed by atoms with Gasteiger partial charge in [0.2, 0.25) is 5.91 Å². The first-order valence-electron chi connectivity index (χ1n) is 4.45. The third-order valence-corrected chi connectivity index (χ3v) is 1.73. The summed E-state index contributed by atoms with van der Waals surface area (Å²) < 4.78 is 4.89. The number of nitrogens with zero attached hydrogens (tertiary/aromatic N) is 1. The van der Waals surface area contributed by atoms with Crippen molar-refractivity contribution in [2.24, 2.45) is 0 Å². The molecule has 3 nitrogen and oxygen atoms in total. The molecule has 0 saturated heterocycles. The third-order valence-electron chi connectivity index (χ3n) is 1.73. The molecule has 0 unspecified atom stereocenters. The number of ether oxygens (including phenoxy) is 1. The highest BCUT2D eigenvalue weighted by atomic mass is 16.5. The van der Waals surface area contributed by atoms with Crippen LogP contribution in [0.1, 0.15) is 26.2 Å². The fourth-order valence-electron chi connectivity index (χ4n) is 0.975. The van der Waals surface area contributed by atoms with E-state index in [4.69, 9.17) is 4.74 Å². The van der Waals surface area contributed by atoms with E-state index in [1.807, 2.05) is 14.0 Å².